The largest absolute Gasteiger partial charge is 0.393 e. The van der Waals surface area contributed by atoms with Crippen molar-refractivity contribution in [2.45, 2.75) is 50.0 Å². The average Bonchev–Trinajstić information content (AvgIpc) is 2.54. The lowest BCUT2D eigenvalue weighted by Gasteiger charge is -2.40. The fourth-order valence-electron chi connectivity index (χ4n) is 3.76. The summed E-state index contributed by atoms with van der Waals surface area (Å²) in [4.78, 5) is 15.0. The van der Waals surface area contributed by atoms with Crippen molar-refractivity contribution in [2.75, 3.05) is 26.2 Å². The van der Waals surface area contributed by atoms with E-state index in [1.807, 2.05) is 0 Å². The molecule has 0 unspecified atom stereocenters. The summed E-state index contributed by atoms with van der Waals surface area (Å²) in [7, 11) is 0. The van der Waals surface area contributed by atoms with Gasteiger partial charge in [-0.25, -0.2) is 4.39 Å². The monoisotopic (exact) mass is 334 g/mol. The van der Waals surface area contributed by atoms with E-state index in [1.165, 1.54) is 12.1 Å². The number of hydrogen-bond acceptors (Lipinski definition) is 3. The molecule has 2 aliphatic rings. The third kappa shape index (κ3) is 3.78. The Hall–Kier alpha value is -1.46. The fourth-order valence-corrected chi connectivity index (χ4v) is 3.76. The summed E-state index contributed by atoms with van der Waals surface area (Å²) in [6.07, 6.45) is 5.20. The molecule has 0 bridgehead atoms. The number of carbonyl (C=O) groups is 1. The Morgan fingerprint density at radius 2 is 1.92 bits per heavy atom. The quantitative estimate of drug-likeness (QED) is 0.784. The fraction of sp³-hybridized carbons (Fsp3) is 0.632. The van der Waals surface area contributed by atoms with E-state index in [-0.39, 0.29) is 17.8 Å². The summed E-state index contributed by atoms with van der Waals surface area (Å²) in [5.74, 6) is -0.185. The molecule has 0 radical (unpaired) electrons. The maximum atomic E-state index is 13.1. The molecule has 132 valence electrons. The van der Waals surface area contributed by atoms with E-state index in [9.17, 15) is 14.3 Å². The van der Waals surface area contributed by atoms with Crippen LogP contribution in [0.2, 0.25) is 0 Å². The van der Waals surface area contributed by atoms with E-state index < -0.39 is 5.41 Å². The smallest absolute Gasteiger partial charge is 0.230 e. The van der Waals surface area contributed by atoms with Crippen LogP contribution in [0.15, 0.2) is 24.3 Å². The zero-order chi connectivity index (χ0) is 17.0. The summed E-state index contributed by atoms with van der Waals surface area (Å²) in [5, 5.41) is 12.6. The molecule has 0 spiro atoms. The first-order valence-corrected chi connectivity index (χ1v) is 9.05. The van der Waals surface area contributed by atoms with Gasteiger partial charge in [-0.15, -0.1) is 0 Å². The molecule has 3 rings (SSSR count). The lowest BCUT2D eigenvalue weighted by atomic mass is 9.64. The van der Waals surface area contributed by atoms with Crippen molar-refractivity contribution < 1.29 is 14.3 Å². The van der Waals surface area contributed by atoms with E-state index in [0.29, 0.717) is 6.54 Å². The molecule has 1 heterocycles. The van der Waals surface area contributed by atoms with Crippen molar-refractivity contribution in [1.82, 2.24) is 10.2 Å². The standard InChI is InChI=1S/C19H27FN2O2/c20-16-5-3-15(4-6-16)19(9-1-10-19)18(24)21-11-2-12-22-13-7-17(23)8-14-22/h3-6,17,23H,1-2,7-14H2,(H,21,24). The van der Waals surface area contributed by atoms with Crippen LogP contribution in [0, 0.1) is 5.82 Å². The third-order valence-electron chi connectivity index (χ3n) is 5.53. The highest BCUT2D eigenvalue weighted by Crippen LogP contribution is 2.43. The number of aliphatic hydroxyl groups excluding tert-OH is 1. The third-order valence-corrected chi connectivity index (χ3v) is 5.53. The second-order valence-electron chi connectivity index (χ2n) is 7.12. The van der Waals surface area contributed by atoms with Crippen LogP contribution in [0.4, 0.5) is 4.39 Å². The summed E-state index contributed by atoms with van der Waals surface area (Å²) < 4.78 is 13.1. The highest BCUT2D eigenvalue weighted by atomic mass is 19.1. The van der Waals surface area contributed by atoms with Crippen molar-refractivity contribution in [3.05, 3.63) is 35.6 Å². The molecular formula is C19H27FN2O2. The zero-order valence-corrected chi connectivity index (χ0v) is 14.1. The predicted octanol–water partition coefficient (Wildman–Crippen LogP) is 2.21. The number of carbonyl (C=O) groups excluding carboxylic acids is 1. The molecule has 24 heavy (non-hydrogen) atoms. The Morgan fingerprint density at radius 3 is 2.50 bits per heavy atom. The minimum Gasteiger partial charge on any atom is -0.393 e. The highest BCUT2D eigenvalue weighted by Gasteiger charge is 2.45. The van der Waals surface area contributed by atoms with Gasteiger partial charge in [-0.05, 0) is 56.3 Å². The van der Waals surface area contributed by atoms with Gasteiger partial charge in [0, 0.05) is 19.6 Å². The van der Waals surface area contributed by atoms with E-state index in [0.717, 1.165) is 63.7 Å². The molecule has 1 aromatic rings. The Labute approximate surface area is 143 Å². The van der Waals surface area contributed by atoms with Crippen LogP contribution in [0.3, 0.4) is 0 Å². The molecule has 1 saturated carbocycles. The summed E-state index contributed by atoms with van der Waals surface area (Å²) in [6.45, 7) is 3.50. The maximum absolute atomic E-state index is 13.1. The second kappa shape index (κ2) is 7.62. The van der Waals surface area contributed by atoms with E-state index in [4.69, 9.17) is 0 Å². The van der Waals surface area contributed by atoms with Gasteiger partial charge in [0.25, 0.3) is 0 Å². The van der Waals surface area contributed by atoms with Crippen LogP contribution in [0.25, 0.3) is 0 Å². The molecule has 1 aromatic carbocycles. The number of nitrogens with zero attached hydrogens (tertiary/aromatic N) is 1. The molecule has 1 amide bonds. The molecule has 0 aromatic heterocycles. The van der Waals surface area contributed by atoms with Crippen molar-refractivity contribution in [3.8, 4) is 0 Å². The summed E-state index contributed by atoms with van der Waals surface area (Å²) >= 11 is 0. The number of hydrogen-bond donors (Lipinski definition) is 2. The highest BCUT2D eigenvalue weighted by molar-refractivity contribution is 5.89. The summed E-state index contributed by atoms with van der Waals surface area (Å²) in [6, 6.07) is 6.36. The number of piperidine rings is 1. The summed E-state index contributed by atoms with van der Waals surface area (Å²) in [5.41, 5.74) is 0.473. The Balaban J connectivity index is 1.46. The Bertz CT molecular complexity index is 549. The Morgan fingerprint density at radius 1 is 1.25 bits per heavy atom. The molecule has 2 fully saturated rings. The maximum Gasteiger partial charge on any atom is 0.230 e. The van der Waals surface area contributed by atoms with Crippen LogP contribution in [0.1, 0.15) is 44.1 Å². The Kier molecular flexibility index (Phi) is 5.51. The van der Waals surface area contributed by atoms with Gasteiger partial charge < -0.3 is 15.3 Å². The number of benzene rings is 1. The zero-order valence-electron chi connectivity index (χ0n) is 14.1. The minimum absolute atomic E-state index is 0.0782. The first-order chi connectivity index (χ1) is 11.6. The van der Waals surface area contributed by atoms with E-state index in [1.54, 1.807) is 12.1 Å². The second-order valence-corrected chi connectivity index (χ2v) is 7.12. The van der Waals surface area contributed by atoms with Gasteiger partial charge in [0.1, 0.15) is 5.82 Å². The first-order valence-electron chi connectivity index (χ1n) is 9.05. The number of likely N-dealkylation sites (tertiary alicyclic amines) is 1. The normalized spacial score (nSPS) is 21.2. The van der Waals surface area contributed by atoms with Gasteiger partial charge in [-0.3, -0.25) is 4.79 Å². The number of amides is 1. The van der Waals surface area contributed by atoms with Gasteiger partial charge in [0.15, 0.2) is 0 Å². The van der Waals surface area contributed by atoms with Crippen molar-refractivity contribution in [3.63, 3.8) is 0 Å². The van der Waals surface area contributed by atoms with Crippen LogP contribution in [-0.2, 0) is 10.2 Å². The van der Waals surface area contributed by atoms with Crippen molar-refractivity contribution >= 4 is 5.91 Å². The minimum atomic E-state index is -0.455. The number of aliphatic hydroxyl groups is 1. The lowest BCUT2D eigenvalue weighted by Crippen LogP contribution is -2.49. The van der Waals surface area contributed by atoms with Gasteiger partial charge in [-0.1, -0.05) is 18.6 Å². The van der Waals surface area contributed by atoms with Crippen molar-refractivity contribution in [1.29, 1.82) is 0 Å². The molecule has 1 aliphatic heterocycles. The average molecular weight is 334 g/mol. The van der Waals surface area contributed by atoms with Crippen LogP contribution in [0.5, 0.6) is 0 Å². The van der Waals surface area contributed by atoms with Crippen LogP contribution < -0.4 is 5.32 Å². The lowest BCUT2D eigenvalue weighted by molar-refractivity contribution is -0.129. The molecule has 2 N–H and O–H groups in total. The van der Waals surface area contributed by atoms with Gasteiger partial charge in [0.2, 0.25) is 5.91 Å². The predicted molar refractivity (Wildman–Crippen MR) is 91.2 cm³/mol. The number of rotatable bonds is 6. The molecule has 0 atom stereocenters. The molecule has 1 saturated heterocycles. The van der Waals surface area contributed by atoms with Crippen molar-refractivity contribution in [2.24, 2.45) is 0 Å². The van der Waals surface area contributed by atoms with Crippen LogP contribution in [-0.4, -0.2) is 48.2 Å². The van der Waals surface area contributed by atoms with E-state index in [2.05, 4.69) is 10.2 Å². The molecule has 4 nitrogen and oxygen atoms in total. The topological polar surface area (TPSA) is 52.6 Å². The first kappa shape index (κ1) is 17.4. The SMILES string of the molecule is O=C(NCCCN1CCC(O)CC1)C1(c2ccc(F)cc2)CCC1. The molecular weight excluding hydrogens is 307 g/mol. The van der Waals surface area contributed by atoms with Crippen LogP contribution >= 0.6 is 0 Å². The van der Waals surface area contributed by atoms with Gasteiger partial charge in [-0.2, -0.15) is 0 Å². The van der Waals surface area contributed by atoms with Gasteiger partial charge in [0.05, 0.1) is 11.5 Å². The number of nitrogens with one attached hydrogen (secondary N) is 1. The van der Waals surface area contributed by atoms with Gasteiger partial charge >= 0.3 is 0 Å². The molecule has 1 aliphatic carbocycles. The number of halogens is 1. The molecule has 5 heteroatoms. The van der Waals surface area contributed by atoms with E-state index >= 15 is 0 Å².